The van der Waals surface area contributed by atoms with Crippen molar-refractivity contribution in [1.82, 2.24) is 5.32 Å². The minimum absolute atomic E-state index is 0.0340. The SMILES string of the molecule is CC/C=C\C/C=C\C/C=C\C/C=C\CCCCCCCCCCCCCCCCCCCCCCCCCCC(=O)NC(CO)C(O)CCCCCCCC. The smallest absolute Gasteiger partial charge is 0.220 e. The molecule has 0 spiro atoms. The third-order valence-corrected chi connectivity index (χ3v) is 11.1. The molecular formula is C51H95NO3. The second-order valence-corrected chi connectivity index (χ2v) is 16.5. The summed E-state index contributed by atoms with van der Waals surface area (Å²) in [5, 5.41) is 22.9. The molecule has 2 unspecified atom stereocenters. The van der Waals surface area contributed by atoms with Gasteiger partial charge >= 0.3 is 0 Å². The van der Waals surface area contributed by atoms with Gasteiger partial charge in [-0.05, 0) is 51.4 Å². The zero-order chi connectivity index (χ0) is 40.0. The highest BCUT2D eigenvalue weighted by atomic mass is 16.3. The van der Waals surface area contributed by atoms with Crippen molar-refractivity contribution in [3.8, 4) is 0 Å². The first-order valence-corrected chi connectivity index (χ1v) is 24.3. The number of nitrogens with one attached hydrogen (secondary N) is 1. The third-order valence-electron chi connectivity index (χ3n) is 11.1. The molecule has 0 aromatic rings. The van der Waals surface area contributed by atoms with Gasteiger partial charge in [0.15, 0.2) is 0 Å². The average molecular weight is 770 g/mol. The molecule has 4 nitrogen and oxygen atoms in total. The van der Waals surface area contributed by atoms with E-state index in [1.807, 2.05) is 0 Å². The summed E-state index contributed by atoms with van der Waals surface area (Å²) in [6.45, 7) is 4.19. The second kappa shape index (κ2) is 46.7. The van der Waals surface area contributed by atoms with Crippen LogP contribution in [-0.4, -0.2) is 34.9 Å². The second-order valence-electron chi connectivity index (χ2n) is 16.5. The van der Waals surface area contributed by atoms with Crippen molar-refractivity contribution in [3.63, 3.8) is 0 Å². The summed E-state index contributed by atoms with van der Waals surface area (Å²) in [6.07, 6.45) is 64.0. The molecule has 0 radical (unpaired) electrons. The van der Waals surface area contributed by atoms with Crippen LogP contribution >= 0.6 is 0 Å². The first-order valence-electron chi connectivity index (χ1n) is 24.3. The maximum absolute atomic E-state index is 12.3. The van der Waals surface area contributed by atoms with Crippen LogP contribution in [0, 0.1) is 0 Å². The summed E-state index contributed by atoms with van der Waals surface area (Å²) < 4.78 is 0. The van der Waals surface area contributed by atoms with Crippen molar-refractivity contribution in [2.24, 2.45) is 0 Å². The van der Waals surface area contributed by atoms with Gasteiger partial charge in [-0.15, -0.1) is 0 Å². The fraction of sp³-hybridized carbons (Fsp3) is 0.824. The Bertz CT molecular complexity index is 877. The van der Waals surface area contributed by atoms with Crippen LogP contribution in [0.25, 0.3) is 0 Å². The van der Waals surface area contributed by atoms with Crippen molar-refractivity contribution in [3.05, 3.63) is 48.6 Å². The van der Waals surface area contributed by atoms with E-state index in [1.54, 1.807) is 0 Å². The molecule has 55 heavy (non-hydrogen) atoms. The topological polar surface area (TPSA) is 69.6 Å². The van der Waals surface area contributed by atoms with Gasteiger partial charge in [0, 0.05) is 6.42 Å². The van der Waals surface area contributed by atoms with Crippen LogP contribution in [0.5, 0.6) is 0 Å². The van der Waals surface area contributed by atoms with Crippen molar-refractivity contribution < 1.29 is 15.0 Å². The van der Waals surface area contributed by atoms with Gasteiger partial charge in [-0.3, -0.25) is 4.79 Å². The number of aliphatic hydroxyl groups excluding tert-OH is 2. The maximum atomic E-state index is 12.3. The van der Waals surface area contributed by atoms with Crippen LogP contribution in [0.15, 0.2) is 48.6 Å². The first-order chi connectivity index (χ1) is 27.2. The van der Waals surface area contributed by atoms with Crippen molar-refractivity contribution >= 4 is 5.91 Å². The lowest BCUT2D eigenvalue weighted by Crippen LogP contribution is -2.45. The minimum Gasteiger partial charge on any atom is -0.394 e. The van der Waals surface area contributed by atoms with E-state index in [9.17, 15) is 15.0 Å². The van der Waals surface area contributed by atoms with Gasteiger partial charge in [-0.2, -0.15) is 0 Å². The van der Waals surface area contributed by atoms with Crippen LogP contribution in [-0.2, 0) is 4.79 Å². The van der Waals surface area contributed by atoms with Gasteiger partial charge in [0.05, 0.1) is 18.8 Å². The highest BCUT2D eigenvalue weighted by Crippen LogP contribution is 2.17. The number of rotatable bonds is 44. The summed E-state index contributed by atoms with van der Waals surface area (Å²) in [4.78, 5) is 12.3. The van der Waals surface area contributed by atoms with Crippen LogP contribution in [0.4, 0.5) is 0 Å². The van der Waals surface area contributed by atoms with Gasteiger partial charge in [0.1, 0.15) is 0 Å². The lowest BCUT2D eigenvalue weighted by atomic mass is 10.0. The lowest BCUT2D eigenvalue weighted by Gasteiger charge is -2.22. The molecule has 4 heteroatoms. The van der Waals surface area contributed by atoms with Gasteiger partial charge in [-0.1, -0.05) is 242 Å². The van der Waals surface area contributed by atoms with Crippen LogP contribution < -0.4 is 5.32 Å². The largest absolute Gasteiger partial charge is 0.394 e. The van der Waals surface area contributed by atoms with E-state index >= 15 is 0 Å². The normalized spacial score (nSPS) is 13.3. The Morgan fingerprint density at radius 1 is 0.455 bits per heavy atom. The van der Waals surface area contributed by atoms with Gasteiger partial charge < -0.3 is 15.5 Å². The molecule has 0 heterocycles. The summed E-state index contributed by atoms with van der Waals surface area (Å²) in [5.41, 5.74) is 0. The number of aliphatic hydroxyl groups is 2. The summed E-state index contributed by atoms with van der Waals surface area (Å²) >= 11 is 0. The molecule has 0 aliphatic rings. The monoisotopic (exact) mass is 770 g/mol. The number of unbranched alkanes of at least 4 members (excludes halogenated alkanes) is 29. The first kappa shape index (κ1) is 53.4. The highest BCUT2D eigenvalue weighted by Gasteiger charge is 2.20. The molecule has 0 bridgehead atoms. The predicted molar refractivity (Wildman–Crippen MR) is 244 cm³/mol. The molecule has 0 rings (SSSR count). The molecule has 3 N–H and O–H groups in total. The van der Waals surface area contributed by atoms with Crippen LogP contribution in [0.3, 0.4) is 0 Å². The van der Waals surface area contributed by atoms with Crippen molar-refractivity contribution in [2.45, 2.75) is 264 Å². The number of carbonyl (C=O) groups excluding carboxylic acids is 1. The quantitative estimate of drug-likeness (QED) is 0.0427. The van der Waals surface area contributed by atoms with E-state index in [-0.39, 0.29) is 12.5 Å². The van der Waals surface area contributed by atoms with Gasteiger partial charge in [0.25, 0.3) is 0 Å². The maximum Gasteiger partial charge on any atom is 0.220 e. The van der Waals surface area contributed by atoms with E-state index in [0.29, 0.717) is 12.8 Å². The van der Waals surface area contributed by atoms with Crippen molar-refractivity contribution in [1.29, 1.82) is 0 Å². The van der Waals surface area contributed by atoms with Gasteiger partial charge in [-0.25, -0.2) is 0 Å². The van der Waals surface area contributed by atoms with Crippen LogP contribution in [0.2, 0.25) is 0 Å². The standard InChI is InChI=1S/C51H95NO3/c1-3-5-7-9-11-12-13-14-15-16-17-18-19-20-21-22-23-24-25-26-27-28-29-30-31-32-33-34-35-36-37-38-39-40-41-43-45-47-51(55)52-49(48-53)50(54)46-44-42-10-8-6-4-2/h5,7,11-12,14-15,17-18,49-50,53-54H,3-4,6,8-10,13,16,19-48H2,1-2H3,(H,52,55)/b7-5-,12-11-,15-14-,18-17-. The fourth-order valence-electron chi connectivity index (χ4n) is 7.41. The molecular weight excluding hydrogens is 675 g/mol. The highest BCUT2D eigenvalue weighted by molar-refractivity contribution is 5.76. The minimum atomic E-state index is -0.653. The number of hydrogen-bond acceptors (Lipinski definition) is 3. The molecule has 0 aromatic carbocycles. The zero-order valence-electron chi connectivity index (χ0n) is 36.9. The van der Waals surface area contributed by atoms with E-state index in [1.165, 1.54) is 173 Å². The Morgan fingerprint density at radius 3 is 1.20 bits per heavy atom. The van der Waals surface area contributed by atoms with E-state index in [4.69, 9.17) is 0 Å². The van der Waals surface area contributed by atoms with Gasteiger partial charge in [0.2, 0.25) is 5.91 Å². The molecule has 0 saturated heterocycles. The summed E-state index contributed by atoms with van der Waals surface area (Å²) in [7, 11) is 0. The zero-order valence-corrected chi connectivity index (χ0v) is 36.9. The van der Waals surface area contributed by atoms with E-state index in [0.717, 1.165) is 51.4 Å². The van der Waals surface area contributed by atoms with E-state index < -0.39 is 12.1 Å². The predicted octanol–water partition coefficient (Wildman–Crippen LogP) is 15.5. The Morgan fingerprint density at radius 2 is 0.800 bits per heavy atom. The Kier molecular flexibility index (Phi) is 45.3. The molecule has 0 fully saturated rings. The summed E-state index contributed by atoms with van der Waals surface area (Å²) in [6, 6.07) is -0.530. The number of carbonyl (C=O) groups is 1. The van der Waals surface area contributed by atoms with E-state index in [2.05, 4.69) is 67.8 Å². The third kappa shape index (κ3) is 43.3. The Labute approximate surface area is 344 Å². The average Bonchev–Trinajstić information content (AvgIpc) is 3.19. The molecule has 0 saturated carbocycles. The summed E-state index contributed by atoms with van der Waals surface area (Å²) in [5.74, 6) is -0.0340. The molecule has 2 atom stereocenters. The lowest BCUT2D eigenvalue weighted by molar-refractivity contribution is -0.123. The number of hydrogen-bond donors (Lipinski definition) is 3. The number of amides is 1. The molecule has 0 aliphatic heterocycles. The Hall–Kier alpha value is -1.65. The molecule has 0 aromatic heterocycles. The van der Waals surface area contributed by atoms with Crippen LogP contribution in [0.1, 0.15) is 251 Å². The molecule has 0 aliphatic carbocycles. The fourth-order valence-corrected chi connectivity index (χ4v) is 7.41. The number of allylic oxidation sites excluding steroid dienone is 8. The molecule has 1 amide bonds. The molecule has 322 valence electrons. The Balaban J connectivity index is 3.33. The van der Waals surface area contributed by atoms with Crippen molar-refractivity contribution in [2.75, 3.05) is 6.61 Å².